The average Bonchev–Trinajstić information content (AvgIpc) is 3.83. The summed E-state index contributed by atoms with van der Waals surface area (Å²) in [6.45, 7) is 1.38. The molecule has 6 saturated carbocycles. The summed E-state index contributed by atoms with van der Waals surface area (Å²) in [5.74, 6) is 1.55. The Labute approximate surface area is 297 Å². The Bertz CT molecular complexity index is 1850. The number of carbonyl (C=O) groups is 2. The molecule has 6 fully saturated rings. The fraction of sp³-hybridized carbons (Fsp3) is 0.500. The lowest BCUT2D eigenvalue weighted by molar-refractivity contribution is 0.0685. The van der Waals surface area contributed by atoms with Crippen LogP contribution in [0.15, 0.2) is 48.8 Å². The molecule has 0 amide bonds. The van der Waals surface area contributed by atoms with E-state index in [1.54, 1.807) is 36.7 Å². The normalized spacial score (nSPS) is 21.5. The molecular formula is C36H36Cl2N6O6. The number of pyridine rings is 2. The first kappa shape index (κ1) is 31.8. The lowest BCUT2D eigenvalue weighted by Gasteiger charge is -2.04. The molecule has 0 radical (unpaired) electrons. The van der Waals surface area contributed by atoms with Crippen LogP contribution in [0.5, 0.6) is 11.8 Å². The van der Waals surface area contributed by atoms with E-state index in [9.17, 15) is 9.59 Å². The van der Waals surface area contributed by atoms with Crippen LogP contribution in [0.1, 0.15) is 84.9 Å². The third kappa shape index (κ3) is 5.08. The highest BCUT2D eigenvalue weighted by molar-refractivity contribution is 6.32. The van der Waals surface area contributed by atoms with E-state index in [-0.39, 0.29) is 21.4 Å². The van der Waals surface area contributed by atoms with Gasteiger partial charge < -0.3 is 19.7 Å². The molecular weight excluding hydrogens is 683 g/mol. The van der Waals surface area contributed by atoms with Crippen LogP contribution >= 0.6 is 23.2 Å². The van der Waals surface area contributed by atoms with Crippen molar-refractivity contribution in [2.75, 3.05) is 13.2 Å². The maximum Gasteiger partial charge on any atom is 0.338 e. The van der Waals surface area contributed by atoms with Gasteiger partial charge in [0.1, 0.15) is 10.3 Å². The number of rotatable bonds is 12. The van der Waals surface area contributed by atoms with E-state index in [0.717, 1.165) is 24.7 Å². The van der Waals surface area contributed by atoms with Crippen LogP contribution < -0.4 is 9.47 Å². The molecule has 0 unspecified atom stereocenters. The van der Waals surface area contributed by atoms with Gasteiger partial charge in [-0.15, -0.1) is 10.2 Å². The number of ether oxygens (including phenoxy) is 2. The molecule has 6 aliphatic carbocycles. The largest absolute Gasteiger partial charge is 0.478 e. The summed E-state index contributed by atoms with van der Waals surface area (Å²) in [7, 11) is 0. The van der Waals surface area contributed by atoms with Gasteiger partial charge in [-0.25, -0.2) is 28.9 Å². The molecule has 4 aromatic rings. The van der Waals surface area contributed by atoms with Crippen molar-refractivity contribution < 1.29 is 29.3 Å². The van der Waals surface area contributed by atoms with E-state index in [2.05, 4.69) is 20.2 Å². The lowest BCUT2D eigenvalue weighted by Crippen LogP contribution is -2.05. The lowest BCUT2D eigenvalue weighted by atomic mass is 10.2. The van der Waals surface area contributed by atoms with Crippen molar-refractivity contribution in [3.63, 3.8) is 0 Å². The molecule has 14 heteroatoms. The number of carboxylic acid groups (broad SMARTS) is 2. The molecule has 12 nitrogen and oxygen atoms in total. The van der Waals surface area contributed by atoms with Gasteiger partial charge in [0.15, 0.2) is 11.6 Å². The fourth-order valence-electron chi connectivity index (χ4n) is 9.72. The molecule has 0 aliphatic heterocycles. The summed E-state index contributed by atoms with van der Waals surface area (Å²) in [6, 6.07) is 9.56. The van der Waals surface area contributed by atoms with Gasteiger partial charge in [-0.1, -0.05) is 23.2 Å². The van der Waals surface area contributed by atoms with Crippen LogP contribution in [0.4, 0.5) is 0 Å². The van der Waals surface area contributed by atoms with Crippen molar-refractivity contribution in [1.82, 2.24) is 29.5 Å². The van der Waals surface area contributed by atoms with Crippen LogP contribution in [0, 0.1) is 33.5 Å². The molecule has 50 heavy (non-hydrogen) atoms. The van der Waals surface area contributed by atoms with Crippen molar-refractivity contribution in [2.24, 2.45) is 33.5 Å². The number of hydrogen-bond donors (Lipinski definition) is 2. The molecule has 260 valence electrons. The van der Waals surface area contributed by atoms with E-state index in [1.165, 1.54) is 72.9 Å². The van der Waals surface area contributed by atoms with Gasteiger partial charge in [-0.2, -0.15) is 0 Å². The molecule has 2 N–H and O–H groups in total. The van der Waals surface area contributed by atoms with Gasteiger partial charge >= 0.3 is 11.9 Å². The van der Waals surface area contributed by atoms with E-state index in [1.807, 2.05) is 0 Å². The number of carboxylic acids is 2. The second-order valence-electron chi connectivity index (χ2n) is 14.8. The molecule has 4 heterocycles. The zero-order valence-electron chi connectivity index (χ0n) is 27.2. The Morgan fingerprint density at radius 3 is 1.30 bits per heavy atom. The maximum atomic E-state index is 11.0. The SMILES string of the molecule is O=C(O)c1ccc(-n2ccc(OCCC3C4(CC4)C34CC4)n2)nc1Cl.O=C(O)c1ccc(-n2ccc(OCCC3C4(CC4)C34CC4)n2)nc1Cl. The van der Waals surface area contributed by atoms with E-state index in [4.69, 9.17) is 42.9 Å². The van der Waals surface area contributed by atoms with Crippen LogP contribution in [0.3, 0.4) is 0 Å². The Morgan fingerprint density at radius 1 is 0.640 bits per heavy atom. The van der Waals surface area contributed by atoms with Crippen LogP contribution in [0.25, 0.3) is 11.6 Å². The first-order valence-corrected chi connectivity index (χ1v) is 18.0. The van der Waals surface area contributed by atoms with Gasteiger partial charge in [-0.3, -0.25) is 0 Å². The Balaban J connectivity index is 0.000000135. The molecule has 4 aromatic heterocycles. The number of halogens is 2. The van der Waals surface area contributed by atoms with Crippen molar-refractivity contribution in [3.05, 3.63) is 70.2 Å². The number of aromatic carboxylic acids is 2. The molecule has 6 aliphatic rings. The van der Waals surface area contributed by atoms with E-state index < -0.39 is 11.9 Å². The summed E-state index contributed by atoms with van der Waals surface area (Å²) in [5.41, 5.74) is 2.79. The van der Waals surface area contributed by atoms with Crippen molar-refractivity contribution >= 4 is 35.1 Å². The molecule has 0 atom stereocenters. The number of fused-ring (bicyclic) bond motifs is 2. The van der Waals surface area contributed by atoms with Crippen molar-refractivity contribution in [2.45, 2.75) is 64.2 Å². The zero-order chi connectivity index (χ0) is 34.5. The first-order chi connectivity index (χ1) is 24.1. The summed E-state index contributed by atoms with van der Waals surface area (Å²) >= 11 is 11.8. The van der Waals surface area contributed by atoms with Crippen LogP contribution in [0.2, 0.25) is 10.3 Å². The number of hydrogen-bond acceptors (Lipinski definition) is 8. The third-order valence-corrected chi connectivity index (χ3v) is 13.3. The molecule has 4 spiro atoms. The monoisotopic (exact) mass is 718 g/mol. The minimum Gasteiger partial charge on any atom is -0.478 e. The Kier molecular flexibility index (Phi) is 7.10. The Hall–Kier alpha value is -4.16. The summed E-state index contributed by atoms with van der Waals surface area (Å²) in [6.07, 6.45) is 17.1. The average molecular weight is 720 g/mol. The second kappa shape index (κ2) is 11.2. The fourth-order valence-corrected chi connectivity index (χ4v) is 10.2. The maximum absolute atomic E-state index is 11.0. The smallest absolute Gasteiger partial charge is 0.338 e. The minimum atomic E-state index is -1.10. The van der Waals surface area contributed by atoms with E-state index >= 15 is 0 Å². The summed E-state index contributed by atoms with van der Waals surface area (Å²) < 4.78 is 14.7. The van der Waals surface area contributed by atoms with Gasteiger partial charge in [-0.05, 0) is 122 Å². The highest BCUT2D eigenvalue weighted by Crippen LogP contribution is 2.93. The van der Waals surface area contributed by atoms with Gasteiger partial charge in [0.25, 0.3) is 0 Å². The minimum absolute atomic E-state index is 0.0264. The number of nitrogens with zero attached hydrogens (tertiary/aromatic N) is 6. The molecule has 0 bridgehead atoms. The molecule has 0 aromatic carbocycles. The predicted octanol–water partition coefficient (Wildman–Crippen LogP) is 7.16. The van der Waals surface area contributed by atoms with Crippen LogP contribution in [-0.2, 0) is 0 Å². The van der Waals surface area contributed by atoms with E-state index in [0.29, 0.717) is 58.3 Å². The standard InChI is InChI=1S/2C18H18ClN3O3/c2*19-15-11(16(23)24)1-2-13(20-15)22-9-3-14(21-22)25-10-4-12-17(5-6-17)18(12)7-8-18/h2*1-3,9,12H,4-8,10H2,(H,23,24). The predicted molar refractivity (Wildman–Crippen MR) is 181 cm³/mol. The summed E-state index contributed by atoms with van der Waals surface area (Å²) in [4.78, 5) is 30.1. The van der Waals surface area contributed by atoms with Gasteiger partial charge in [0.05, 0.1) is 24.3 Å². The molecule has 10 rings (SSSR count). The first-order valence-electron chi connectivity index (χ1n) is 17.3. The zero-order valence-corrected chi connectivity index (χ0v) is 28.7. The van der Waals surface area contributed by atoms with Crippen LogP contribution in [-0.4, -0.2) is 64.9 Å². The third-order valence-electron chi connectivity index (χ3n) is 12.7. The summed E-state index contributed by atoms with van der Waals surface area (Å²) in [5, 5.41) is 26.6. The van der Waals surface area contributed by atoms with Crippen molar-refractivity contribution in [3.8, 4) is 23.4 Å². The second-order valence-corrected chi connectivity index (χ2v) is 15.5. The number of aromatic nitrogens is 6. The van der Waals surface area contributed by atoms with Crippen molar-refractivity contribution in [1.29, 1.82) is 0 Å². The Morgan fingerprint density at radius 2 is 1.00 bits per heavy atom. The van der Waals surface area contributed by atoms with Gasteiger partial charge in [0.2, 0.25) is 11.8 Å². The highest BCUT2D eigenvalue weighted by atomic mass is 35.5. The molecule has 0 saturated heterocycles. The topological polar surface area (TPSA) is 154 Å². The highest BCUT2D eigenvalue weighted by Gasteiger charge is 2.86. The van der Waals surface area contributed by atoms with Gasteiger partial charge in [0, 0.05) is 24.5 Å². The quantitative estimate of drug-likeness (QED) is 0.144.